The van der Waals surface area contributed by atoms with Crippen LogP contribution in [0.2, 0.25) is 0 Å². The van der Waals surface area contributed by atoms with Crippen molar-refractivity contribution >= 4 is 11.3 Å². The van der Waals surface area contributed by atoms with Crippen molar-refractivity contribution in [1.29, 1.82) is 0 Å². The minimum absolute atomic E-state index is 0.176. The third-order valence-corrected chi connectivity index (χ3v) is 5.65. The number of rotatable bonds is 1. The smallest absolute Gasteiger partial charge is 0.123 e. The highest BCUT2D eigenvalue weighted by molar-refractivity contribution is 7.12. The molecule has 1 heterocycles. The molecule has 2 aromatic rings. The molecule has 0 saturated heterocycles. The second-order valence-corrected chi connectivity index (χ2v) is 6.60. The van der Waals surface area contributed by atoms with E-state index in [9.17, 15) is 4.39 Å². The number of hydrogen-bond acceptors (Lipinski definition) is 3. The number of aryl methyl sites for hydroxylation is 3. The van der Waals surface area contributed by atoms with E-state index in [1.54, 1.807) is 17.4 Å². The largest absolute Gasteiger partial charge is 0.316 e. The number of nitrogens with two attached hydrogens (primary N) is 1. The van der Waals surface area contributed by atoms with Gasteiger partial charge in [-0.1, -0.05) is 6.07 Å². The summed E-state index contributed by atoms with van der Waals surface area (Å²) in [5.74, 6) is -0.176. The van der Waals surface area contributed by atoms with Crippen LogP contribution in [0.4, 0.5) is 4.39 Å². The zero-order chi connectivity index (χ0) is 13.0. The molecule has 1 aromatic carbocycles. The summed E-state index contributed by atoms with van der Waals surface area (Å²) in [4.78, 5) is 6.16. The summed E-state index contributed by atoms with van der Waals surface area (Å²) >= 11 is 1.76. The second kappa shape index (κ2) is 3.87. The molecule has 1 unspecified atom stereocenters. The molecule has 2 N–H and O–H groups in total. The van der Waals surface area contributed by atoms with E-state index < -0.39 is 5.54 Å². The fourth-order valence-electron chi connectivity index (χ4n) is 3.27. The van der Waals surface area contributed by atoms with Crippen LogP contribution in [0.1, 0.15) is 39.5 Å². The van der Waals surface area contributed by atoms with Crippen LogP contribution in [-0.2, 0) is 24.8 Å². The molecule has 2 nitrogen and oxygen atoms in total. The molecular weight excluding hydrogens is 259 g/mol. The van der Waals surface area contributed by atoms with E-state index >= 15 is 0 Å². The Morgan fingerprint density at radius 2 is 2.16 bits per heavy atom. The van der Waals surface area contributed by atoms with Crippen LogP contribution < -0.4 is 5.73 Å². The average Bonchev–Trinajstić information content (AvgIpc) is 3.02. The van der Waals surface area contributed by atoms with Gasteiger partial charge in [-0.15, -0.1) is 11.3 Å². The highest BCUT2D eigenvalue weighted by atomic mass is 32.1. The monoisotopic (exact) mass is 274 g/mol. The zero-order valence-electron chi connectivity index (χ0n) is 10.6. The lowest BCUT2D eigenvalue weighted by Crippen LogP contribution is -2.35. The summed E-state index contributed by atoms with van der Waals surface area (Å²) in [7, 11) is 0. The van der Waals surface area contributed by atoms with Gasteiger partial charge >= 0.3 is 0 Å². The van der Waals surface area contributed by atoms with Gasteiger partial charge in [0.25, 0.3) is 0 Å². The molecule has 0 fully saturated rings. The van der Waals surface area contributed by atoms with Crippen LogP contribution in [0.15, 0.2) is 18.2 Å². The van der Waals surface area contributed by atoms with Crippen molar-refractivity contribution in [2.75, 3.05) is 0 Å². The van der Waals surface area contributed by atoms with E-state index in [1.807, 2.05) is 6.07 Å². The minimum atomic E-state index is -0.502. The maximum Gasteiger partial charge on any atom is 0.123 e. The Morgan fingerprint density at radius 1 is 1.26 bits per heavy atom. The summed E-state index contributed by atoms with van der Waals surface area (Å²) in [6, 6.07) is 4.96. The van der Waals surface area contributed by atoms with Crippen LogP contribution in [0, 0.1) is 5.82 Å². The summed E-state index contributed by atoms with van der Waals surface area (Å²) in [5.41, 5.74) is 9.46. The van der Waals surface area contributed by atoms with E-state index in [0.29, 0.717) is 0 Å². The van der Waals surface area contributed by atoms with Crippen LogP contribution in [0.3, 0.4) is 0 Å². The van der Waals surface area contributed by atoms with E-state index in [-0.39, 0.29) is 5.82 Å². The lowest BCUT2D eigenvalue weighted by Gasteiger charge is -2.22. The van der Waals surface area contributed by atoms with Gasteiger partial charge in [0.15, 0.2) is 0 Å². The van der Waals surface area contributed by atoms with Crippen molar-refractivity contribution in [2.24, 2.45) is 5.73 Å². The number of halogens is 1. The summed E-state index contributed by atoms with van der Waals surface area (Å²) in [6.07, 6.45) is 5.11. The van der Waals surface area contributed by atoms with Gasteiger partial charge in [-0.2, -0.15) is 0 Å². The standard InChI is InChI=1S/C15H15FN2S/c16-10-4-5-11-9(8-10)6-7-15(11,17)14-18-12-2-1-3-13(12)19-14/h4-5,8H,1-3,6-7,17H2. The molecule has 0 spiro atoms. The lowest BCUT2D eigenvalue weighted by molar-refractivity contribution is 0.529. The second-order valence-electron chi connectivity index (χ2n) is 5.52. The van der Waals surface area contributed by atoms with Gasteiger partial charge in [-0.05, 0) is 55.4 Å². The van der Waals surface area contributed by atoms with E-state index in [1.165, 1.54) is 23.1 Å². The topological polar surface area (TPSA) is 38.9 Å². The quantitative estimate of drug-likeness (QED) is 0.868. The first-order valence-corrected chi connectivity index (χ1v) is 7.55. The Hall–Kier alpha value is -1.26. The molecule has 4 rings (SSSR count). The maximum atomic E-state index is 13.3. The molecule has 2 aliphatic rings. The molecule has 0 radical (unpaired) electrons. The first-order valence-electron chi connectivity index (χ1n) is 6.74. The van der Waals surface area contributed by atoms with Crippen molar-refractivity contribution in [3.8, 4) is 0 Å². The van der Waals surface area contributed by atoms with E-state index in [0.717, 1.165) is 41.8 Å². The van der Waals surface area contributed by atoms with Gasteiger partial charge in [0.05, 0.1) is 11.2 Å². The van der Waals surface area contributed by atoms with Crippen LogP contribution >= 0.6 is 11.3 Å². The summed E-state index contributed by atoms with van der Waals surface area (Å²) < 4.78 is 13.3. The Kier molecular flexibility index (Phi) is 2.35. The van der Waals surface area contributed by atoms with Gasteiger partial charge in [-0.25, -0.2) is 9.37 Å². The Labute approximate surface area is 115 Å². The minimum Gasteiger partial charge on any atom is -0.316 e. The highest BCUT2D eigenvalue weighted by Gasteiger charge is 2.40. The van der Waals surface area contributed by atoms with Gasteiger partial charge in [0.2, 0.25) is 0 Å². The molecule has 0 saturated carbocycles. The number of hydrogen-bond donors (Lipinski definition) is 1. The van der Waals surface area contributed by atoms with E-state index in [4.69, 9.17) is 10.7 Å². The molecule has 2 aliphatic carbocycles. The Balaban J connectivity index is 1.83. The molecule has 0 amide bonds. The zero-order valence-corrected chi connectivity index (χ0v) is 11.4. The molecule has 98 valence electrons. The third-order valence-electron chi connectivity index (χ3n) is 4.31. The van der Waals surface area contributed by atoms with Gasteiger partial charge in [-0.3, -0.25) is 0 Å². The van der Waals surface area contributed by atoms with Gasteiger partial charge in [0, 0.05) is 4.88 Å². The SMILES string of the molecule is NC1(c2nc3c(s2)CCC3)CCc2cc(F)ccc21. The van der Waals surface area contributed by atoms with Crippen molar-refractivity contribution in [3.05, 3.63) is 50.7 Å². The van der Waals surface area contributed by atoms with Crippen molar-refractivity contribution in [1.82, 2.24) is 4.98 Å². The molecule has 0 aliphatic heterocycles. The molecule has 4 heteroatoms. The third kappa shape index (κ3) is 1.60. The maximum absolute atomic E-state index is 13.3. The van der Waals surface area contributed by atoms with E-state index in [2.05, 4.69) is 0 Å². The fraction of sp³-hybridized carbons (Fsp3) is 0.400. The van der Waals surface area contributed by atoms with Crippen LogP contribution in [0.5, 0.6) is 0 Å². The number of aromatic nitrogens is 1. The van der Waals surface area contributed by atoms with Crippen molar-refractivity contribution in [2.45, 2.75) is 37.6 Å². The molecule has 0 bridgehead atoms. The summed E-state index contributed by atoms with van der Waals surface area (Å²) in [6.45, 7) is 0. The van der Waals surface area contributed by atoms with Crippen molar-refractivity contribution in [3.63, 3.8) is 0 Å². The predicted molar refractivity (Wildman–Crippen MR) is 73.8 cm³/mol. The first kappa shape index (κ1) is 11.6. The van der Waals surface area contributed by atoms with Crippen LogP contribution in [-0.4, -0.2) is 4.98 Å². The number of fused-ring (bicyclic) bond motifs is 2. The molecule has 1 atom stereocenters. The average molecular weight is 274 g/mol. The number of benzene rings is 1. The Morgan fingerprint density at radius 3 is 3.00 bits per heavy atom. The molecular formula is C15H15FN2S. The van der Waals surface area contributed by atoms with Gasteiger partial charge < -0.3 is 5.73 Å². The molecule has 19 heavy (non-hydrogen) atoms. The number of nitrogens with zero attached hydrogens (tertiary/aromatic N) is 1. The fourth-order valence-corrected chi connectivity index (χ4v) is 4.57. The first-order chi connectivity index (χ1) is 9.17. The lowest BCUT2D eigenvalue weighted by atomic mass is 9.94. The normalized spacial score (nSPS) is 24.5. The molecule has 1 aromatic heterocycles. The Bertz CT molecular complexity index is 643. The van der Waals surface area contributed by atoms with Gasteiger partial charge in [0.1, 0.15) is 10.8 Å². The predicted octanol–water partition coefficient (Wildman–Crippen LogP) is 2.92. The summed E-state index contributed by atoms with van der Waals surface area (Å²) in [5, 5.41) is 1.02. The highest BCUT2D eigenvalue weighted by Crippen LogP contribution is 2.43. The van der Waals surface area contributed by atoms with Crippen molar-refractivity contribution < 1.29 is 4.39 Å². The number of thiazole rings is 1. The van der Waals surface area contributed by atoms with Crippen LogP contribution in [0.25, 0.3) is 0 Å².